The van der Waals surface area contributed by atoms with E-state index in [1.165, 1.54) is 66.0 Å². The van der Waals surface area contributed by atoms with Gasteiger partial charge < -0.3 is 4.57 Å². The van der Waals surface area contributed by atoms with Crippen LogP contribution < -0.4 is 0 Å². The maximum Gasteiger partial charge on any atom is 0.0645 e. The highest BCUT2D eigenvalue weighted by Crippen LogP contribution is 2.48. The predicted octanol–water partition coefficient (Wildman–Crippen LogP) is 8.65. The molecular weight excluding hydrogens is 424 g/mol. The van der Waals surface area contributed by atoms with Gasteiger partial charge in [0.25, 0.3) is 0 Å². The fourth-order valence-electron chi connectivity index (χ4n) is 5.89. The molecule has 0 unspecified atom stereocenters. The van der Waals surface area contributed by atoms with Gasteiger partial charge in [-0.2, -0.15) is 0 Å². The molecule has 0 aliphatic heterocycles. The Bertz CT molecular complexity index is 1940. The Morgan fingerprint density at radius 2 is 1.29 bits per heavy atom. The molecular formula is C33H20N2. The lowest BCUT2D eigenvalue weighted by atomic mass is 9.96. The number of nitrogens with zero attached hydrogens (tertiary/aromatic N) is 2. The Kier molecular flexibility index (Phi) is 3.69. The van der Waals surface area contributed by atoms with Crippen molar-refractivity contribution in [3.05, 3.63) is 122 Å². The number of hydrogen-bond acceptors (Lipinski definition) is 1. The molecule has 0 N–H and O–H groups in total. The highest BCUT2D eigenvalue weighted by molar-refractivity contribution is 6.16. The van der Waals surface area contributed by atoms with Crippen LogP contribution in [0.1, 0.15) is 0 Å². The van der Waals surface area contributed by atoms with E-state index in [-0.39, 0.29) is 0 Å². The molecule has 0 saturated heterocycles. The molecule has 5 aromatic carbocycles. The Balaban J connectivity index is 1.35. The van der Waals surface area contributed by atoms with E-state index in [0.717, 1.165) is 5.69 Å². The summed E-state index contributed by atoms with van der Waals surface area (Å²) in [5, 5.41) is 5.19. The van der Waals surface area contributed by atoms with Gasteiger partial charge in [-0.1, -0.05) is 72.8 Å². The minimum absolute atomic E-state index is 1.08. The summed E-state index contributed by atoms with van der Waals surface area (Å²) in [5.41, 5.74) is 11.3. The van der Waals surface area contributed by atoms with E-state index in [4.69, 9.17) is 0 Å². The van der Waals surface area contributed by atoms with E-state index in [0.29, 0.717) is 0 Å². The average Bonchev–Trinajstić information content (AvgIpc) is 3.43. The number of fused-ring (bicyclic) bond motifs is 6. The third kappa shape index (κ3) is 2.57. The number of benzene rings is 5. The van der Waals surface area contributed by atoms with Gasteiger partial charge in [0.15, 0.2) is 0 Å². The SMILES string of the molecule is c1cncc(-n2c3ccccc3c3cc(-c4ccc5c(c4)-c4cccc6cccc-5c46)ccc32)c1. The van der Waals surface area contributed by atoms with Crippen LogP contribution in [0.2, 0.25) is 0 Å². The van der Waals surface area contributed by atoms with Gasteiger partial charge in [-0.15, -0.1) is 0 Å². The Hall–Kier alpha value is -4.69. The van der Waals surface area contributed by atoms with Crippen LogP contribution in [0.15, 0.2) is 122 Å². The molecule has 0 bridgehead atoms. The third-order valence-electron chi connectivity index (χ3n) is 7.41. The zero-order valence-corrected chi connectivity index (χ0v) is 18.9. The van der Waals surface area contributed by atoms with Crippen molar-refractivity contribution < 1.29 is 0 Å². The zero-order chi connectivity index (χ0) is 22.9. The molecule has 0 atom stereocenters. The van der Waals surface area contributed by atoms with Crippen LogP contribution in [-0.2, 0) is 0 Å². The number of hydrogen-bond donors (Lipinski definition) is 0. The molecule has 2 heteroatoms. The smallest absolute Gasteiger partial charge is 0.0645 e. The molecule has 0 amide bonds. The maximum absolute atomic E-state index is 4.36. The van der Waals surface area contributed by atoms with Crippen LogP contribution >= 0.6 is 0 Å². The third-order valence-corrected chi connectivity index (χ3v) is 7.41. The van der Waals surface area contributed by atoms with Gasteiger partial charge in [0.05, 0.1) is 22.9 Å². The van der Waals surface area contributed by atoms with Crippen molar-refractivity contribution in [3.63, 3.8) is 0 Å². The molecule has 1 aliphatic carbocycles. The second-order valence-corrected chi connectivity index (χ2v) is 9.27. The lowest BCUT2D eigenvalue weighted by Gasteiger charge is -2.09. The molecule has 0 radical (unpaired) electrons. The van der Waals surface area contributed by atoms with Gasteiger partial charge in [0.2, 0.25) is 0 Å². The van der Waals surface area contributed by atoms with E-state index < -0.39 is 0 Å². The van der Waals surface area contributed by atoms with Crippen LogP contribution in [0.3, 0.4) is 0 Å². The summed E-state index contributed by atoms with van der Waals surface area (Å²) in [6, 6.07) is 39.8. The normalized spacial score (nSPS) is 12.0. The van der Waals surface area contributed by atoms with Crippen LogP contribution in [0.4, 0.5) is 0 Å². The molecule has 162 valence electrons. The zero-order valence-electron chi connectivity index (χ0n) is 18.9. The summed E-state index contributed by atoms with van der Waals surface area (Å²) >= 11 is 0. The van der Waals surface area contributed by atoms with Gasteiger partial charge in [-0.05, 0) is 80.6 Å². The highest BCUT2D eigenvalue weighted by atomic mass is 15.0. The van der Waals surface area contributed by atoms with Crippen molar-refractivity contribution in [3.8, 4) is 39.1 Å². The molecule has 7 aromatic rings. The van der Waals surface area contributed by atoms with Crippen LogP contribution in [-0.4, -0.2) is 9.55 Å². The summed E-state index contributed by atoms with van der Waals surface area (Å²) in [7, 11) is 0. The van der Waals surface area contributed by atoms with E-state index in [1.807, 2.05) is 18.5 Å². The average molecular weight is 445 g/mol. The van der Waals surface area contributed by atoms with Gasteiger partial charge >= 0.3 is 0 Å². The lowest BCUT2D eigenvalue weighted by Crippen LogP contribution is -1.93. The van der Waals surface area contributed by atoms with Crippen molar-refractivity contribution in [2.45, 2.75) is 0 Å². The summed E-state index contributed by atoms with van der Waals surface area (Å²) in [5.74, 6) is 0. The minimum Gasteiger partial charge on any atom is -0.308 e. The van der Waals surface area contributed by atoms with Gasteiger partial charge in [0.1, 0.15) is 0 Å². The van der Waals surface area contributed by atoms with Crippen LogP contribution in [0, 0.1) is 0 Å². The Morgan fingerprint density at radius 3 is 2.14 bits per heavy atom. The Morgan fingerprint density at radius 1 is 0.514 bits per heavy atom. The van der Waals surface area contributed by atoms with Crippen molar-refractivity contribution in [1.82, 2.24) is 9.55 Å². The first kappa shape index (κ1) is 18.7. The number of pyridine rings is 1. The molecule has 0 spiro atoms. The second kappa shape index (κ2) is 6.91. The first-order valence-corrected chi connectivity index (χ1v) is 12.0. The van der Waals surface area contributed by atoms with Crippen molar-refractivity contribution in [1.29, 1.82) is 0 Å². The van der Waals surface area contributed by atoms with Gasteiger partial charge in [0, 0.05) is 17.0 Å². The van der Waals surface area contributed by atoms with E-state index >= 15 is 0 Å². The summed E-state index contributed by atoms with van der Waals surface area (Å²) in [4.78, 5) is 4.36. The fraction of sp³-hybridized carbons (Fsp3) is 0. The summed E-state index contributed by atoms with van der Waals surface area (Å²) in [6.45, 7) is 0. The largest absolute Gasteiger partial charge is 0.308 e. The predicted molar refractivity (Wildman–Crippen MR) is 146 cm³/mol. The number of aromatic nitrogens is 2. The molecule has 0 fully saturated rings. The maximum atomic E-state index is 4.36. The molecule has 35 heavy (non-hydrogen) atoms. The second-order valence-electron chi connectivity index (χ2n) is 9.27. The number of rotatable bonds is 2. The molecule has 1 aliphatic rings. The minimum atomic E-state index is 1.08. The van der Waals surface area contributed by atoms with Crippen molar-refractivity contribution in [2.24, 2.45) is 0 Å². The summed E-state index contributed by atoms with van der Waals surface area (Å²) in [6.07, 6.45) is 3.75. The van der Waals surface area contributed by atoms with E-state index in [1.54, 1.807) is 0 Å². The van der Waals surface area contributed by atoms with Crippen molar-refractivity contribution in [2.75, 3.05) is 0 Å². The molecule has 0 saturated carbocycles. The monoisotopic (exact) mass is 444 g/mol. The topological polar surface area (TPSA) is 17.8 Å². The lowest BCUT2D eigenvalue weighted by molar-refractivity contribution is 1.14. The first-order chi connectivity index (χ1) is 17.4. The molecule has 2 aromatic heterocycles. The number of para-hydroxylation sites is 1. The first-order valence-electron chi connectivity index (χ1n) is 12.0. The van der Waals surface area contributed by atoms with E-state index in [2.05, 4.69) is 113 Å². The fourth-order valence-corrected chi connectivity index (χ4v) is 5.89. The molecule has 2 nitrogen and oxygen atoms in total. The van der Waals surface area contributed by atoms with E-state index in [9.17, 15) is 0 Å². The standard InChI is InChI=1S/C33H20N2/c1-2-12-31-26(9-1)30-19-23(14-16-32(30)35(31)24-8-5-17-34-20-24)22-13-15-25-27-10-3-6-21-7-4-11-28(33(21)27)29(25)18-22/h1-20H. The summed E-state index contributed by atoms with van der Waals surface area (Å²) < 4.78 is 2.31. The van der Waals surface area contributed by atoms with Crippen LogP contribution in [0.25, 0.3) is 71.6 Å². The van der Waals surface area contributed by atoms with Gasteiger partial charge in [-0.3, -0.25) is 4.98 Å². The molecule has 2 heterocycles. The van der Waals surface area contributed by atoms with Gasteiger partial charge in [-0.25, -0.2) is 0 Å². The Labute approximate surface area is 202 Å². The quantitative estimate of drug-likeness (QED) is 0.261. The molecule has 8 rings (SSSR count). The highest BCUT2D eigenvalue weighted by Gasteiger charge is 2.21. The van der Waals surface area contributed by atoms with Crippen molar-refractivity contribution >= 4 is 32.6 Å². The van der Waals surface area contributed by atoms with Crippen LogP contribution in [0.5, 0.6) is 0 Å².